The Balaban J connectivity index is 0.000000116. The van der Waals surface area contributed by atoms with Crippen LogP contribution in [0.4, 0.5) is 0 Å². The van der Waals surface area contributed by atoms with Crippen molar-refractivity contribution in [2.45, 2.75) is 30.4 Å². The zero-order valence-corrected chi connectivity index (χ0v) is 59.2. The summed E-state index contributed by atoms with van der Waals surface area (Å²) in [6.45, 7) is 0. The summed E-state index contributed by atoms with van der Waals surface area (Å²) in [7, 11) is 0. The Morgan fingerprint density at radius 2 is 0.592 bits per heavy atom. The number of nitrogens with zero attached hydrogens (tertiary/aromatic N) is 1. The van der Waals surface area contributed by atoms with Gasteiger partial charge < -0.3 is 9.55 Å². The predicted molar refractivity (Wildman–Crippen MR) is 435 cm³/mol. The fourth-order valence-corrected chi connectivity index (χ4v) is 20.2. The van der Waals surface area contributed by atoms with E-state index in [9.17, 15) is 0 Å². The van der Waals surface area contributed by atoms with Crippen molar-refractivity contribution in [2.24, 2.45) is 0 Å². The van der Waals surface area contributed by atoms with E-state index in [0.717, 1.165) is 10.2 Å². The van der Waals surface area contributed by atoms with Gasteiger partial charge in [-0.25, -0.2) is 0 Å². The van der Waals surface area contributed by atoms with Crippen molar-refractivity contribution in [2.75, 3.05) is 0 Å². The van der Waals surface area contributed by atoms with Gasteiger partial charge in [0.1, 0.15) is 0 Å². The van der Waals surface area contributed by atoms with Crippen molar-refractivity contribution in [1.82, 2.24) is 9.55 Å². The number of benzene rings is 16. The van der Waals surface area contributed by atoms with Gasteiger partial charge in [0.25, 0.3) is 0 Å². The van der Waals surface area contributed by atoms with Crippen molar-refractivity contribution >= 4 is 83.1 Å². The Morgan fingerprint density at radius 1 is 0.233 bits per heavy atom. The molecular formula is C98H63BrN2S2. The largest absolute Gasteiger partial charge is 0.354 e. The second-order valence-corrected chi connectivity index (χ2v) is 30.2. The van der Waals surface area contributed by atoms with Crippen LogP contribution in [0.1, 0.15) is 44.5 Å². The first kappa shape index (κ1) is 61.2. The fraction of sp³-hybridized carbons (Fsp3) is 0.0204. The van der Waals surface area contributed by atoms with Crippen LogP contribution in [0.15, 0.2) is 400 Å². The van der Waals surface area contributed by atoms with E-state index in [-0.39, 0.29) is 5.41 Å². The molecule has 0 amide bonds. The van der Waals surface area contributed by atoms with E-state index < -0.39 is 5.41 Å². The van der Waals surface area contributed by atoms with Gasteiger partial charge in [-0.3, -0.25) is 0 Å². The molecule has 103 heavy (non-hydrogen) atoms. The number of aromatic nitrogens is 2. The lowest BCUT2D eigenvalue weighted by Crippen LogP contribution is -2.31. The molecule has 1 N–H and O–H groups in total. The molecule has 0 fully saturated rings. The molecule has 22 rings (SSSR count). The molecule has 2 aliphatic heterocycles. The van der Waals surface area contributed by atoms with E-state index in [2.05, 4.69) is 389 Å². The lowest BCUT2D eigenvalue weighted by molar-refractivity contribution is 0.724. The molecule has 5 heteroatoms. The molecule has 2 aromatic heterocycles. The zero-order chi connectivity index (χ0) is 68.2. The molecule has 0 unspecified atom stereocenters. The van der Waals surface area contributed by atoms with Crippen LogP contribution in [-0.4, -0.2) is 9.55 Å². The molecule has 0 radical (unpaired) electrons. The van der Waals surface area contributed by atoms with Gasteiger partial charge in [-0.05, 0) is 196 Å². The summed E-state index contributed by atoms with van der Waals surface area (Å²) in [5.74, 6) is 0. The minimum atomic E-state index is -0.407. The van der Waals surface area contributed by atoms with Gasteiger partial charge in [0.15, 0.2) is 0 Å². The van der Waals surface area contributed by atoms with Crippen LogP contribution in [0.25, 0.3) is 116 Å². The second-order valence-electron chi connectivity index (χ2n) is 27.1. The predicted octanol–water partition coefficient (Wildman–Crippen LogP) is 26.9. The smallest absolute Gasteiger partial charge is 0.0735 e. The monoisotopic (exact) mass is 1410 g/mol. The molecule has 0 atom stereocenters. The molecule has 2 spiro atoms. The van der Waals surface area contributed by atoms with E-state index >= 15 is 0 Å². The maximum atomic E-state index is 3.66. The first-order valence-electron chi connectivity index (χ1n) is 35.2. The Morgan fingerprint density at radius 3 is 1.06 bits per heavy atom. The van der Waals surface area contributed by atoms with Crippen molar-refractivity contribution < 1.29 is 0 Å². The average molecular weight is 1410 g/mol. The van der Waals surface area contributed by atoms with Crippen LogP contribution in [0, 0.1) is 0 Å². The average Bonchev–Trinajstić information content (AvgIpc) is 1.53. The SMILES string of the molecule is Brc1cc(-c2ccccc2)cc(-c2ccccc2)c1.c1ccc(-c2cc(-c3ccccc3)cc(-n3c4ccccc4c4cc5c(cc43)Sc3ccccc3C53c4ccccc4-c4ccccc43)c2)cc1.c1ccc2c(c1)Sc1cc3[nH]c4ccccc4c3cc1C21c2ccccc2-c2ccccc21. The van der Waals surface area contributed by atoms with Gasteiger partial charge in [-0.2, -0.15) is 0 Å². The highest BCUT2D eigenvalue weighted by Gasteiger charge is 2.52. The van der Waals surface area contributed by atoms with Gasteiger partial charge in [-0.15, -0.1) is 0 Å². The minimum Gasteiger partial charge on any atom is -0.354 e. The number of aromatic amines is 1. The first-order chi connectivity index (χ1) is 51.0. The molecule has 16 aromatic carbocycles. The Labute approximate surface area is 615 Å². The molecule has 2 nitrogen and oxygen atoms in total. The van der Waals surface area contributed by atoms with Crippen LogP contribution < -0.4 is 0 Å². The van der Waals surface area contributed by atoms with Crippen molar-refractivity contribution in [3.05, 3.63) is 425 Å². The topological polar surface area (TPSA) is 20.7 Å². The van der Waals surface area contributed by atoms with Gasteiger partial charge in [0.2, 0.25) is 0 Å². The summed E-state index contributed by atoms with van der Waals surface area (Å²) >= 11 is 7.41. The number of hydrogen-bond acceptors (Lipinski definition) is 2. The summed E-state index contributed by atoms with van der Waals surface area (Å²) in [6, 6.07) is 138. The molecular weight excluding hydrogens is 1350 g/mol. The number of H-pyrrole nitrogens is 1. The fourth-order valence-electron chi connectivity index (χ4n) is 17.3. The number of hydrogen-bond donors (Lipinski definition) is 1. The van der Waals surface area contributed by atoms with E-state index in [1.54, 1.807) is 0 Å². The van der Waals surface area contributed by atoms with Crippen LogP contribution in [-0.2, 0) is 10.8 Å². The third-order valence-corrected chi connectivity index (χ3v) is 24.3. The number of nitrogens with one attached hydrogen (secondary N) is 1. The number of para-hydroxylation sites is 2. The quantitative estimate of drug-likeness (QED) is 0.185. The van der Waals surface area contributed by atoms with Gasteiger partial charge in [0, 0.05) is 62.3 Å². The molecule has 0 bridgehead atoms. The molecule has 4 heterocycles. The summed E-state index contributed by atoms with van der Waals surface area (Å²) in [6.07, 6.45) is 0. The summed E-state index contributed by atoms with van der Waals surface area (Å²) in [5, 5.41) is 5.12. The standard InChI is InChI=1S/C49H31NS.C31H19NS.C18H13Br/c1-3-15-32(16-4-1)34-27-35(33-17-5-2-6-18-33)29-36(28-34)50-45-25-13-9-21-39(45)40-30-44-48(31-46(40)50)51-47-26-14-12-24-43(47)49(44)41-22-10-7-19-37(41)38-20-8-11-23-42(38)49;1-4-12-23-19(9-1)20-10-2-5-13-24(20)31(23)25-14-6-8-16-29(25)33-30-18-28-22(17-26(30)31)21-11-3-7-15-27(21)32-28;19-18-12-16(14-7-3-1-4-8-14)11-17(13-18)15-9-5-2-6-10-15/h1-31H;1-18,32H;1-13H. The number of halogens is 1. The van der Waals surface area contributed by atoms with Crippen LogP contribution in [0.3, 0.4) is 0 Å². The summed E-state index contributed by atoms with van der Waals surface area (Å²) in [4.78, 5) is 8.95. The molecule has 2 aliphatic carbocycles. The summed E-state index contributed by atoms with van der Waals surface area (Å²) < 4.78 is 3.60. The minimum absolute atomic E-state index is 0.309. The van der Waals surface area contributed by atoms with Crippen LogP contribution >= 0.6 is 39.5 Å². The van der Waals surface area contributed by atoms with Crippen LogP contribution in [0.2, 0.25) is 0 Å². The van der Waals surface area contributed by atoms with Gasteiger partial charge in [0.05, 0.1) is 21.9 Å². The van der Waals surface area contributed by atoms with Crippen molar-refractivity contribution in [3.63, 3.8) is 0 Å². The molecule has 4 aliphatic rings. The van der Waals surface area contributed by atoms with E-state index in [0.29, 0.717) is 0 Å². The maximum Gasteiger partial charge on any atom is 0.0735 e. The second kappa shape index (κ2) is 24.8. The van der Waals surface area contributed by atoms with E-state index in [4.69, 9.17) is 0 Å². The Kier molecular flexibility index (Phi) is 14.8. The number of rotatable bonds is 5. The third kappa shape index (κ3) is 9.78. The van der Waals surface area contributed by atoms with Gasteiger partial charge in [-0.1, -0.05) is 331 Å². The highest BCUT2D eigenvalue weighted by Crippen LogP contribution is 2.65. The molecule has 0 saturated carbocycles. The normalized spacial score (nSPS) is 13.4. The zero-order valence-electron chi connectivity index (χ0n) is 55.9. The highest BCUT2D eigenvalue weighted by atomic mass is 79.9. The van der Waals surface area contributed by atoms with E-state index in [1.165, 1.54) is 174 Å². The highest BCUT2D eigenvalue weighted by molar-refractivity contribution is 9.10. The Hall–Kier alpha value is -11.7. The molecule has 18 aromatic rings. The van der Waals surface area contributed by atoms with Crippen LogP contribution in [0.5, 0.6) is 0 Å². The maximum absolute atomic E-state index is 3.66. The van der Waals surface area contributed by atoms with Crippen molar-refractivity contribution in [3.8, 4) is 72.4 Å². The Bertz CT molecular complexity index is 6180. The van der Waals surface area contributed by atoms with Gasteiger partial charge >= 0.3 is 0 Å². The lowest BCUT2D eigenvalue weighted by Gasteiger charge is -2.39. The van der Waals surface area contributed by atoms with Crippen molar-refractivity contribution in [1.29, 1.82) is 0 Å². The summed E-state index contributed by atoms with van der Waals surface area (Å²) in [5.41, 5.74) is 31.4. The number of fused-ring (bicyclic) bond motifs is 24. The first-order valence-corrected chi connectivity index (χ1v) is 37.6. The molecule has 0 saturated heterocycles. The lowest BCUT2D eigenvalue weighted by atomic mass is 9.67. The van der Waals surface area contributed by atoms with E-state index in [1.807, 2.05) is 35.7 Å². The third-order valence-electron chi connectivity index (χ3n) is 21.6. The molecule has 484 valence electrons.